The van der Waals surface area contributed by atoms with E-state index in [1.807, 2.05) is 0 Å². The lowest BCUT2D eigenvalue weighted by Crippen LogP contribution is -2.16. The van der Waals surface area contributed by atoms with Gasteiger partial charge >= 0.3 is 0 Å². The Labute approximate surface area is 114 Å². The highest BCUT2D eigenvalue weighted by atomic mass is 35.5. The number of hydrogen-bond acceptors (Lipinski definition) is 2. The monoisotopic (exact) mass is 265 g/mol. The van der Waals surface area contributed by atoms with Gasteiger partial charge in [-0.2, -0.15) is 0 Å². The van der Waals surface area contributed by atoms with E-state index in [1.54, 1.807) is 0 Å². The molecule has 0 radical (unpaired) electrons. The largest absolute Gasteiger partial charge is 0.328 e. The van der Waals surface area contributed by atoms with Crippen LogP contribution in [0.5, 0.6) is 0 Å². The lowest BCUT2D eigenvalue weighted by molar-refractivity contribution is 0.511. The van der Waals surface area contributed by atoms with E-state index in [1.165, 1.54) is 17.5 Å². The average Bonchev–Trinajstić information content (AvgIpc) is 2.80. The molecule has 98 valence electrons. The zero-order valence-corrected chi connectivity index (χ0v) is 11.7. The first-order valence-corrected chi connectivity index (χ1v) is 6.36. The Balaban J connectivity index is 0.00000120. The first-order valence-electron chi connectivity index (χ1n) is 6.36. The predicted octanol–water partition coefficient (Wildman–Crippen LogP) is 3.13. The van der Waals surface area contributed by atoms with Crippen molar-refractivity contribution in [3.05, 3.63) is 29.6 Å². The van der Waals surface area contributed by atoms with E-state index in [0.717, 1.165) is 24.2 Å². The van der Waals surface area contributed by atoms with E-state index >= 15 is 0 Å². The molecule has 0 bridgehead atoms. The first-order chi connectivity index (χ1) is 8.15. The highest BCUT2D eigenvalue weighted by Crippen LogP contribution is 2.33. The van der Waals surface area contributed by atoms with Gasteiger partial charge in [-0.05, 0) is 50.8 Å². The van der Waals surface area contributed by atoms with Crippen LogP contribution in [0.4, 0.5) is 0 Å². The fourth-order valence-electron chi connectivity index (χ4n) is 3.02. The van der Waals surface area contributed by atoms with Crippen LogP contribution in [-0.4, -0.2) is 15.6 Å². The van der Waals surface area contributed by atoms with Crippen molar-refractivity contribution in [1.82, 2.24) is 9.55 Å². The molecule has 1 aliphatic rings. The maximum atomic E-state index is 6.02. The minimum absolute atomic E-state index is 0. The Kier molecular flexibility index (Phi) is 3.64. The molecule has 0 spiro atoms. The highest BCUT2D eigenvalue weighted by Gasteiger charge is 2.25. The van der Waals surface area contributed by atoms with Gasteiger partial charge in [-0.1, -0.05) is 6.07 Å². The second-order valence-electron chi connectivity index (χ2n) is 5.25. The van der Waals surface area contributed by atoms with Gasteiger partial charge in [0.15, 0.2) is 0 Å². The number of nitrogens with two attached hydrogens (primary N) is 1. The molecule has 0 saturated heterocycles. The van der Waals surface area contributed by atoms with Crippen molar-refractivity contribution < 1.29 is 0 Å². The summed E-state index contributed by atoms with van der Waals surface area (Å²) in [5.74, 6) is 1.12. The molecule has 18 heavy (non-hydrogen) atoms. The van der Waals surface area contributed by atoms with E-state index < -0.39 is 0 Å². The van der Waals surface area contributed by atoms with Crippen LogP contribution in [0.25, 0.3) is 11.0 Å². The zero-order valence-electron chi connectivity index (χ0n) is 10.9. The first kappa shape index (κ1) is 13.4. The summed E-state index contributed by atoms with van der Waals surface area (Å²) in [4.78, 5) is 4.67. The summed E-state index contributed by atoms with van der Waals surface area (Å²) in [6, 6.07) is 7.41. The van der Waals surface area contributed by atoms with Gasteiger partial charge in [-0.15, -0.1) is 12.4 Å². The molecule has 3 rings (SSSR count). The van der Waals surface area contributed by atoms with E-state index in [-0.39, 0.29) is 12.4 Å². The molecule has 1 aromatic heterocycles. The average molecular weight is 266 g/mol. The minimum atomic E-state index is 0. The van der Waals surface area contributed by atoms with Crippen LogP contribution in [0.2, 0.25) is 0 Å². The van der Waals surface area contributed by atoms with Gasteiger partial charge in [-0.3, -0.25) is 0 Å². The van der Waals surface area contributed by atoms with Crippen molar-refractivity contribution >= 4 is 23.4 Å². The van der Waals surface area contributed by atoms with Gasteiger partial charge in [-0.25, -0.2) is 4.98 Å². The number of benzene rings is 1. The van der Waals surface area contributed by atoms with Gasteiger partial charge in [0.1, 0.15) is 5.82 Å². The lowest BCUT2D eigenvalue weighted by Gasteiger charge is -2.15. The molecular formula is C14H20ClN3. The third kappa shape index (κ3) is 2.13. The van der Waals surface area contributed by atoms with E-state index in [9.17, 15) is 0 Å². The summed E-state index contributed by atoms with van der Waals surface area (Å²) in [6.07, 6.45) is 3.40. The third-order valence-corrected chi connectivity index (χ3v) is 3.83. The van der Waals surface area contributed by atoms with Crippen LogP contribution < -0.4 is 5.73 Å². The van der Waals surface area contributed by atoms with E-state index in [2.05, 4.69) is 41.6 Å². The van der Waals surface area contributed by atoms with Crippen molar-refractivity contribution in [3.63, 3.8) is 0 Å². The molecule has 1 heterocycles. The number of halogens is 1. The lowest BCUT2D eigenvalue weighted by atomic mass is 10.2. The van der Waals surface area contributed by atoms with Crippen LogP contribution in [-0.2, 0) is 0 Å². The second kappa shape index (κ2) is 4.90. The fraction of sp³-hybridized carbons (Fsp3) is 0.500. The summed E-state index contributed by atoms with van der Waals surface area (Å²) < 4.78 is 2.38. The van der Waals surface area contributed by atoms with Gasteiger partial charge in [0.2, 0.25) is 0 Å². The van der Waals surface area contributed by atoms with Crippen LogP contribution in [0.3, 0.4) is 0 Å². The molecular weight excluding hydrogens is 246 g/mol. The summed E-state index contributed by atoms with van der Waals surface area (Å²) >= 11 is 0. The normalized spacial score (nSPS) is 23.3. The molecule has 3 nitrogen and oxygen atoms in total. The quantitative estimate of drug-likeness (QED) is 0.861. The molecule has 1 saturated carbocycles. The Hall–Kier alpha value is -1.06. The minimum Gasteiger partial charge on any atom is -0.328 e. The number of hydrogen-bond donors (Lipinski definition) is 1. The SMILES string of the molecule is Cc1ccc2c(c1)nc(C)n2[C@H]1CC[C@@H](N)C1.Cl. The number of imidazole rings is 1. The van der Waals surface area contributed by atoms with Gasteiger partial charge in [0.05, 0.1) is 11.0 Å². The molecule has 2 atom stereocenters. The number of fused-ring (bicyclic) bond motifs is 1. The third-order valence-electron chi connectivity index (χ3n) is 3.83. The number of rotatable bonds is 1. The van der Waals surface area contributed by atoms with E-state index in [4.69, 9.17) is 5.73 Å². The smallest absolute Gasteiger partial charge is 0.106 e. The Morgan fingerprint density at radius 3 is 2.72 bits per heavy atom. The van der Waals surface area contributed by atoms with Gasteiger partial charge in [0, 0.05) is 12.1 Å². The highest BCUT2D eigenvalue weighted by molar-refractivity contribution is 5.85. The van der Waals surface area contributed by atoms with Crippen LogP contribution in [0, 0.1) is 13.8 Å². The number of aryl methyl sites for hydroxylation is 2. The summed E-state index contributed by atoms with van der Waals surface area (Å²) in [5, 5.41) is 0. The predicted molar refractivity (Wildman–Crippen MR) is 77.3 cm³/mol. The molecule has 2 aromatic rings. The van der Waals surface area contributed by atoms with Gasteiger partial charge in [0.25, 0.3) is 0 Å². The maximum Gasteiger partial charge on any atom is 0.106 e. The van der Waals surface area contributed by atoms with Gasteiger partial charge < -0.3 is 10.3 Å². The topological polar surface area (TPSA) is 43.8 Å². The molecule has 1 aliphatic carbocycles. The summed E-state index contributed by atoms with van der Waals surface area (Å²) in [7, 11) is 0. The molecule has 4 heteroatoms. The molecule has 1 fully saturated rings. The summed E-state index contributed by atoms with van der Waals surface area (Å²) in [5.41, 5.74) is 9.66. The Bertz CT molecular complexity index is 561. The number of aromatic nitrogens is 2. The maximum absolute atomic E-state index is 6.02. The van der Waals surface area contributed by atoms with Crippen molar-refractivity contribution in [1.29, 1.82) is 0 Å². The number of nitrogens with zero attached hydrogens (tertiary/aromatic N) is 2. The van der Waals surface area contributed by atoms with Crippen LogP contribution in [0.1, 0.15) is 36.7 Å². The molecule has 0 amide bonds. The Morgan fingerprint density at radius 1 is 1.28 bits per heavy atom. The second-order valence-corrected chi connectivity index (χ2v) is 5.25. The Morgan fingerprint density at radius 2 is 2.06 bits per heavy atom. The summed E-state index contributed by atoms with van der Waals surface area (Å²) in [6.45, 7) is 4.21. The van der Waals surface area contributed by atoms with Crippen molar-refractivity contribution in [2.45, 2.75) is 45.2 Å². The van der Waals surface area contributed by atoms with Crippen molar-refractivity contribution in [2.75, 3.05) is 0 Å². The van der Waals surface area contributed by atoms with Crippen molar-refractivity contribution in [3.8, 4) is 0 Å². The molecule has 0 aliphatic heterocycles. The fourth-order valence-corrected chi connectivity index (χ4v) is 3.02. The van der Waals surface area contributed by atoms with Crippen molar-refractivity contribution in [2.24, 2.45) is 5.73 Å². The standard InChI is InChI=1S/C14H19N3.ClH/c1-9-3-6-14-13(7-9)16-10(2)17(14)12-5-4-11(15)8-12;/h3,6-7,11-12H,4-5,8,15H2,1-2H3;1H/t11-,12+;/m1./s1. The van der Waals surface area contributed by atoms with E-state index in [0.29, 0.717) is 12.1 Å². The van der Waals surface area contributed by atoms with Crippen LogP contribution >= 0.6 is 12.4 Å². The molecule has 0 unspecified atom stereocenters. The van der Waals surface area contributed by atoms with Crippen LogP contribution in [0.15, 0.2) is 18.2 Å². The molecule has 1 aromatic carbocycles. The zero-order chi connectivity index (χ0) is 12.0. The molecule has 2 N–H and O–H groups in total.